The second-order valence-corrected chi connectivity index (χ2v) is 5.29. The molecular formula is C17H10N4O. The summed E-state index contributed by atoms with van der Waals surface area (Å²) in [4.78, 5) is 24.0. The predicted molar refractivity (Wildman–Crippen MR) is 86.1 cm³/mol. The maximum atomic E-state index is 12.1. The van der Waals surface area contributed by atoms with E-state index in [9.17, 15) is 4.79 Å². The van der Waals surface area contributed by atoms with Gasteiger partial charge in [0, 0.05) is 34.7 Å². The lowest BCUT2D eigenvalue weighted by Gasteiger charge is -2.04. The second kappa shape index (κ2) is 3.92. The standard InChI is InChI=1S/C17H10N4O/c22-17-11-5-3-7-18-16(11)21-9-12-10-4-1-2-6-13(10)19-14(12)8-15(21)20-17/h1-9,19H. The van der Waals surface area contributed by atoms with Gasteiger partial charge in [-0.15, -0.1) is 0 Å². The molecule has 0 radical (unpaired) electrons. The Morgan fingerprint density at radius 3 is 2.77 bits per heavy atom. The average Bonchev–Trinajstić information content (AvgIpc) is 2.91. The number of nitrogens with one attached hydrogen (secondary N) is 1. The number of rotatable bonds is 0. The van der Waals surface area contributed by atoms with Crippen LogP contribution < -0.4 is 5.56 Å². The normalized spacial score (nSPS) is 11.8. The van der Waals surface area contributed by atoms with Crippen LogP contribution in [0.5, 0.6) is 0 Å². The molecule has 5 rings (SSSR count). The molecule has 0 bridgehead atoms. The first-order valence-electron chi connectivity index (χ1n) is 6.99. The Morgan fingerprint density at radius 1 is 0.955 bits per heavy atom. The number of hydrogen-bond acceptors (Lipinski definition) is 3. The monoisotopic (exact) mass is 286 g/mol. The smallest absolute Gasteiger partial charge is 0.282 e. The largest absolute Gasteiger partial charge is 0.354 e. The van der Waals surface area contributed by atoms with Crippen LogP contribution in [0.4, 0.5) is 0 Å². The molecule has 0 saturated carbocycles. The number of aromatic nitrogens is 4. The topological polar surface area (TPSA) is 63.0 Å². The van der Waals surface area contributed by atoms with Crippen molar-refractivity contribution in [2.24, 2.45) is 0 Å². The molecule has 1 aromatic carbocycles. The fourth-order valence-corrected chi connectivity index (χ4v) is 3.01. The first-order valence-corrected chi connectivity index (χ1v) is 6.99. The average molecular weight is 286 g/mol. The number of benzene rings is 1. The maximum Gasteiger partial charge on any atom is 0.282 e. The molecule has 5 heteroatoms. The van der Waals surface area contributed by atoms with Gasteiger partial charge in [-0.05, 0) is 18.2 Å². The molecule has 0 fully saturated rings. The molecule has 1 N–H and O–H groups in total. The molecule has 0 aliphatic heterocycles. The summed E-state index contributed by atoms with van der Waals surface area (Å²) >= 11 is 0. The van der Waals surface area contributed by atoms with E-state index in [2.05, 4.69) is 21.0 Å². The summed E-state index contributed by atoms with van der Waals surface area (Å²) in [7, 11) is 0. The van der Waals surface area contributed by atoms with Crippen LogP contribution in [0, 0.1) is 0 Å². The third-order valence-corrected chi connectivity index (χ3v) is 4.02. The van der Waals surface area contributed by atoms with Crippen molar-refractivity contribution in [2.75, 3.05) is 0 Å². The number of H-pyrrole nitrogens is 1. The Morgan fingerprint density at radius 2 is 1.82 bits per heavy atom. The van der Waals surface area contributed by atoms with Crippen LogP contribution in [0.2, 0.25) is 0 Å². The molecule has 4 heterocycles. The fourth-order valence-electron chi connectivity index (χ4n) is 3.01. The summed E-state index contributed by atoms with van der Waals surface area (Å²) in [5.74, 6) is 0. The molecule has 0 atom stereocenters. The summed E-state index contributed by atoms with van der Waals surface area (Å²) in [5.41, 5.74) is 3.00. The third-order valence-electron chi connectivity index (χ3n) is 4.02. The second-order valence-electron chi connectivity index (χ2n) is 5.29. The van der Waals surface area contributed by atoms with Crippen molar-refractivity contribution in [2.45, 2.75) is 0 Å². The molecule has 4 aromatic heterocycles. The zero-order valence-corrected chi connectivity index (χ0v) is 11.4. The van der Waals surface area contributed by atoms with Crippen LogP contribution >= 0.6 is 0 Å². The molecule has 0 spiro atoms. The highest BCUT2D eigenvalue weighted by Gasteiger charge is 2.10. The summed E-state index contributed by atoms with van der Waals surface area (Å²) < 4.78 is 1.87. The predicted octanol–water partition coefficient (Wildman–Crippen LogP) is 2.88. The van der Waals surface area contributed by atoms with Crippen LogP contribution in [-0.2, 0) is 0 Å². The van der Waals surface area contributed by atoms with Crippen LogP contribution in [-0.4, -0.2) is 19.4 Å². The first-order chi connectivity index (χ1) is 10.8. The van der Waals surface area contributed by atoms with Gasteiger partial charge in [0.2, 0.25) is 0 Å². The molecule has 0 aliphatic carbocycles. The number of para-hydroxylation sites is 1. The molecule has 0 amide bonds. The van der Waals surface area contributed by atoms with Gasteiger partial charge in [0.1, 0.15) is 5.65 Å². The number of pyridine rings is 2. The van der Waals surface area contributed by atoms with Gasteiger partial charge in [-0.3, -0.25) is 9.20 Å². The molecule has 5 nitrogen and oxygen atoms in total. The maximum absolute atomic E-state index is 12.1. The van der Waals surface area contributed by atoms with E-state index < -0.39 is 0 Å². The minimum absolute atomic E-state index is 0.251. The molecule has 0 aliphatic rings. The minimum Gasteiger partial charge on any atom is -0.354 e. The molecule has 0 unspecified atom stereocenters. The van der Waals surface area contributed by atoms with Crippen molar-refractivity contribution < 1.29 is 0 Å². The number of fused-ring (bicyclic) bond motifs is 6. The quantitative estimate of drug-likeness (QED) is 0.445. The minimum atomic E-state index is -0.251. The Balaban J connectivity index is 2.09. The van der Waals surface area contributed by atoms with Crippen molar-refractivity contribution >= 4 is 38.5 Å². The van der Waals surface area contributed by atoms with Gasteiger partial charge >= 0.3 is 0 Å². The lowest BCUT2D eigenvalue weighted by Crippen LogP contribution is -2.11. The third kappa shape index (κ3) is 1.39. The van der Waals surface area contributed by atoms with E-state index in [1.54, 1.807) is 18.3 Å². The van der Waals surface area contributed by atoms with Crippen LogP contribution in [0.25, 0.3) is 38.5 Å². The Kier molecular flexibility index (Phi) is 2.04. The Bertz CT molecular complexity index is 1250. The summed E-state index contributed by atoms with van der Waals surface area (Å²) in [6, 6.07) is 13.5. The zero-order chi connectivity index (χ0) is 14.7. The van der Waals surface area contributed by atoms with Crippen molar-refractivity contribution in [1.82, 2.24) is 19.4 Å². The highest BCUT2D eigenvalue weighted by atomic mass is 16.1. The Hall–Kier alpha value is -3.21. The number of aromatic amines is 1. The van der Waals surface area contributed by atoms with E-state index in [1.807, 2.05) is 34.9 Å². The van der Waals surface area contributed by atoms with E-state index in [-0.39, 0.29) is 5.56 Å². The van der Waals surface area contributed by atoms with Crippen LogP contribution in [0.1, 0.15) is 0 Å². The van der Waals surface area contributed by atoms with E-state index in [0.717, 1.165) is 21.8 Å². The van der Waals surface area contributed by atoms with Gasteiger partial charge in [-0.1, -0.05) is 18.2 Å². The summed E-state index contributed by atoms with van der Waals surface area (Å²) in [5, 5.41) is 2.75. The van der Waals surface area contributed by atoms with E-state index in [4.69, 9.17) is 0 Å². The summed E-state index contributed by atoms with van der Waals surface area (Å²) in [6.07, 6.45) is 3.68. The summed E-state index contributed by atoms with van der Waals surface area (Å²) in [6.45, 7) is 0. The zero-order valence-electron chi connectivity index (χ0n) is 11.4. The van der Waals surface area contributed by atoms with Gasteiger partial charge < -0.3 is 4.98 Å². The Labute approximate surface area is 123 Å². The lowest BCUT2D eigenvalue weighted by molar-refractivity contribution is 1.11. The van der Waals surface area contributed by atoms with Gasteiger partial charge in [0.15, 0.2) is 5.65 Å². The van der Waals surface area contributed by atoms with Gasteiger partial charge in [-0.2, -0.15) is 4.98 Å². The molecule has 22 heavy (non-hydrogen) atoms. The SMILES string of the molecule is O=c1nc2cc3[nH]c4ccccc4c3cn2c2ncccc12. The van der Waals surface area contributed by atoms with E-state index in [1.165, 1.54) is 0 Å². The van der Waals surface area contributed by atoms with Crippen molar-refractivity contribution in [3.63, 3.8) is 0 Å². The first kappa shape index (κ1) is 11.4. The van der Waals surface area contributed by atoms with E-state index >= 15 is 0 Å². The van der Waals surface area contributed by atoms with Gasteiger partial charge in [0.05, 0.1) is 10.9 Å². The fraction of sp³-hybridized carbons (Fsp3) is 0. The lowest BCUT2D eigenvalue weighted by atomic mass is 10.2. The highest BCUT2D eigenvalue weighted by Crippen LogP contribution is 2.26. The van der Waals surface area contributed by atoms with Crippen LogP contribution in [0.15, 0.2) is 59.7 Å². The number of nitrogens with zero attached hydrogens (tertiary/aromatic N) is 3. The van der Waals surface area contributed by atoms with Crippen molar-refractivity contribution in [3.8, 4) is 0 Å². The molecular weight excluding hydrogens is 276 g/mol. The highest BCUT2D eigenvalue weighted by molar-refractivity contribution is 6.07. The van der Waals surface area contributed by atoms with Crippen molar-refractivity contribution in [1.29, 1.82) is 0 Å². The molecule has 104 valence electrons. The van der Waals surface area contributed by atoms with Gasteiger partial charge in [0.25, 0.3) is 5.56 Å². The molecule has 0 saturated heterocycles. The van der Waals surface area contributed by atoms with Gasteiger partial charge in [-0.25, -0.2) is 4.98 Å². The number of hydrogen-bond donors (Lipinski definition) is 1. The van der Waals surface area contributed by atoms with Crippen molar-refractivity contribution in [3.05, 3.63) is 65.2 Å². The van der Waals surface area contributed by atoms with Crippen LogP contribution in [0.3, 0.4) is 0 Å². The molecule has 5 aromatic rings. The van der Waals surface area contributed by atoms with E-state index in [0.29, 0.717) is 16.7 Å².